The summed E-state index contributed by atoms with van der Waals surface area (Å²) in [5.41, 5.74) is 2.17. The highest BCUT2D eigenvalue weighted by Crippen LogP contribution is 2.04. The standard InChI is InChI=1S/C12H15NO2/c1-3-8-13-12(14)15-9-11-6-4-10(2)5-7-11/h3-7H,1,8-9H2,2H3,(H,13,14). The lowest BCUT2D eigenvalue weighted by Gasteiger charge is -2.05. The fourth-order valence-corrected chi connectivity index (χ4v) is 1.04. The first-order valence-electron chi connectivity index (χ1n) is 4.79. The van der Waals surface area contributed by atoms with Crippen molar-refractivity contribution in [1.29, 1.82) is 0 Å². The molecule has 0 atom stereocenters. The van der Waals surface area contributed by atoms with Crippen LogP contribution in [0.2, 0.25) is 0 Å². The Hall–Kier alpha value is -1.77. The average Bonchev–Trinajstić information content (AvgIpc) is 2.25. The third kappa shape index (κ3) is 4.31. The Morgan fingerprint density at radius 1 is 1.47 bits per heavy atom. The molecule has 80 valence electrons. The summed E-state index contributed by atoms with van der Waals surface area (Å²) in [7, 11) is 0. The zero-order valence-corrected chi connectivity index (χ0v) is 8.82. The van der Waals surface area contributed by atoms with E-state index >= 15 is 0 Å². The number of carbonyl (C=O) groups is 1. The number of alkyl carbamates (subject to hydrolysis) is 1. The predicted octanol–water partition coefficient (Wildman–Crippen LogP) is 2.41. The quantitative estimate of drug-likeness (QED) is 0.766. The lowest BCUT2D eigenvalue weighted by Crippen LogP contribution is -2.23. The van der Waals surface area contributed by atoms with Gasteiger partial charge in [-0.3, -0.25) is 0 Å². The molecule has 0 radical (unpaired) electrons. The Morgan fingerprint density at radius 3 is 2.73 bits per heavy atom. The van der Waals surface area contributed by atoms with E-state index < -0.39 is 6.09 Å². The molecule has 3 nitrogen and oxygen atoms in total. The topological polar surface area (TPSA) is 38.3 Å². The highest BCUT2D eigenvalue weighted by molar-refractivity contribution is 5.67. The molecule has 0 heterocycles. The maximum atomic E-state index is 11.1. The summed E-state index contributed by atoms with van der Waals surface area (Å²) in [6.45, 7) is 6.22. The van der Waals surface area contributed by atoms with E-state index in [-0.39, 0.29) is 0 Å². The molecule has 1 rings (SSSR count). The summed E-state index contributed by atoms with van der Waals surface area (Å²) in [5, 5.41) is 2.53. The van der Waals surface area contributed by atoms with Gasteiger partial charge in [0.15, 0.2) is 0 Å². The van der Waals surface area contributed by atoms with E-state index in [2.05, 4.69) is 11.9 Å². The van der Waals surface area contributed by atoms with Gasteiger partial charge in [0.1, 0.15) is 6.61 Å². The third-order valence-electron chi connectivity index (χ3n) is 1.88. The molecule has 0 aromatic heterocycles. The summed E-state index contributed by atoms with van der Waals surface area (Å²) in [4.78, 5) is 11.1. The summed E-state index contributed by atoms with van der Waals surface area (Å²) < 4.78 is 4.97. The number of nitrogens with one attached hydrogen (secondary N) is 1. The van der Waals surface area contributed by atoms with Gasteiger partial charge >= 0.3 is 6.09 Å². The van der Waals surface area contributed by atoms with Gasteiger partial charge in [0.05, 0.1) is 0 Å². The second-order valence-corrected chi connectivity index (χ2v) is 3.23. The minimum absolute atomic E-state index is 0.295. The zero-order chi connectivity index (χ0) is 11.1. The van der Waals surface area contributed by atoms with Crippen LogP contribution in [-0.2, 0) is 11.3 Å². The van der Waals surface area contributed by atoms with Crippen molar-refractivity contribution in [3.05, 3.63) is 48.0 Å². The molecule has 1 amide bonds. The van der Waals surface area contributed by atoms with Crippen LogP contribution in [0.25, 0.3) is 0 Å². The second-order valence-electron chi connectivity index (χ2n) is 3.23. The first-order valence-corrected chi connectivity index (χ1v) is 4.79. The van der Waals surface area contributed by atoms with Crippen LogP contribution < -0.4 is 5.32 Å². The summed E-state index contributed by atoms with van der Waals surface area (Å²) >= 11 is 0. The van der Waals surface area contributed by atoms with Crippen molar-refractivity contribution in [3.63, 3.8) is 0 Å². The summed E-state index contributed by atoms with van der Waals surface area (Å²) in [6.07, 6.45) is 1.18. The highest BCUT2D eigenvalue weighted by atomic mass is 16.5. The van der Waals surface area contributed by atoms with Crippen molar-refractivity contribution < 1.29 is 9.53 Å². The number of rotatable bonds is 4. The van der Waals surface area contributed by atoms with Gasteiger partial charge in [-0.2, -0.15) is 0 Å². The first kappa shape index (κ1) is 11.3. The number of aryl methyl sites for hydroxylation is 1. The molecule has 0 saturated carbocycles. The van der Waals surface area contributed by atoms with Crippen molar-refractivity contribution >= 4 is 6.09 Å². The monoisotopic (exact) mass is 205 g/mol. The van der Waals surface area contributed by atoms with Crippen LogP contribution in [0.5, 0.6) is 0 Å². The van der Waals surface area contributed by atoms with Gasteiger partial charge in [-0.15, -0.1) is 6.58 Å². The van der Waals surface area contributed by atoms with Crippen LogP contribution in [0.4, 0.5) is 4.79 Å². The van der Waals surface area contributed by atoms with Gasteiger partial charge in [-0.1, -0.05) is 35.9 Å². The van der Waals surface area contributed by atoms with E-state index in [1.165, 1.54) is 5.56 Å². The van der Waals surface area contributed by atoms with Gasteiger partial charge in [-0.05, 0) is 12.5 Å². The van der Waals surface area contributed by atoms with Crippen molar-refractivity contribution in [2.75, 3.05) is 6.54 Å². The van der Waals surface area contributed by atoms with Crippen LogP contribution >= 0.6 is 0 Å². The Balaban J connectivity index is 2.33. The minimum Gasteiger partial charge on any atom is -0.445 e. The van der Waals surface area contributed by atoms with Crippen molar-refractivity contribution in [1.82, 2.24) is 5.32 Å². The minimum atomic E-state index is -0.421. The Bertz CT molecular complexity index is 330. The lowest BCUT2D eigenvalue weighted by atomic mass is 10.2. The fourth-order valence-electron chi connectivity index (χ4n) is 1.04. The smallest absolute Gasteiger partial charge is 0.407 e. The van der Waals surface area contributed by atoms with E-state index in [0.29, 0.717) is 13.2 Å². The van der Waals surface area contributed by atoms with Crippen molar-refractivity contribution in [3.8, 4) is 0 Å². The number of benzene rings is 1. The van der Waals surface area contributed by atoms with Gasteiger partial charge in [-0.25, -0.2) is 4.79 Å². The molecule has 3 heteroatoms. The number of carbonyl (C=O) groups excluding carboxylic acids is 1. The van der Waals surface area contributed by atoms with Gasteiger partial charge in [0.2, 0.25) is 0 Å². The Morgan fingerprint density at radius 2 is 2.13 bits per heavy atom. The molecule has 0 saturated heterocycles. The van der Waals surface area contributed by atoms with Crippen LogP contribution in [-0.4, -0.2) is 12.6 Å². The van der Waals surface area contributed by atoms with E-state index in [9.17, 15) is 4.79 Å². The largest absolute Gasteiger partial charge is 0.445 e. The van der Waals surface area contributed by atoms with E-state index in [1.54, 1.807) is 6.08 Å². The molecular formula is C12H15NO2. The zero-order valence-electron chi connectivity index (χ0n) is 8.82. The molecular weight excluding hydrogens is 190 g/mol. The average molecular weight is 205 g/mol. The molecule has 0 aliphatic carbocycles. The van der Waals surface area contributed by atoms with Crippen LogP contribution in [0.1, 0.15) is 11.1 Å². The molecule has 0 bridgehead atoms. The molecule has 0 spiro atoms. The van der Waals surface area contributed by atoms with E-state index in [1.807, 2.05) is 31.2 Å². The van der Waals surface area contributed by atoms with Crippen LogP contribution in [0, 0.1) is 6.92 Å². The van der Waals surface area contributed by atoms with Gasteiger partial charge in [0.25, 0.3) is 0 Å². The summed E-state index contributed by atoms with van der Waals surface area (Å²) in [6, 6.07) is 7.85. The lowest BCUT2D eigenvalue weighted by molar-refractivity contribution is 0.141. The molecule has 0 aliphatic rings. The van der Waals surface area contributed by atoms with Crippen molar-refractivity contribution in [2.24, 2.45) is 0 Å². The number of ether oxygens (including phenoxy) is 1. The molecule has 0 fully saturated rings. The third-order valence-corrected chi connectivity index (χ3v) is 1.88. The van der Waals surface area contributed by atoms with Gasteiger partial charge in [0, 0.05) is 6.54 Å². The van der Waals surface area contributed by atoms with Crippen LogP contribution in [0.3, 0.4) is 0 Å². The molecule has 0 unspecified atom stereocenters. The van der Waals surface area contributed by atoms with E-state index in [4.69, 9.17) is 4.74 Å². The summed E-state index contributed by atoms with van der Waals surface area (Å²) in [5.74, 6) is 0. The van der Waals surface area contributed by atoms with Crippen LogP contribution in [0.15, 0.2) is 36.9 Å². The number of hydrogen-bond acceptors (Lipinski definition) is 2. The molecule has 15 heavy (non-hydrogen) atoms. The maximum absolute atomic E-state index is 11.1. The normalized spacial score (nSPS) is 9.40. The highest BCUT2D eigenvalue weighted by Gasteiger charge is 1.99. The van der Waals surface area contributed by atoms with Gasteiger partial charge < -0.3 is 10.1 Å². The van der Waals surface area contributed by atoms with Crippen molar-refractivity contribution in [2.45, 2.75) is 13.5 Å². The van der Waals surface area contributed by atoms with E-state index in [0.717, 1.165) is 5.56 Å². The SMILES string of the molecule is C=CCNC(=O)OCc1ccc(C)cc1. The molecule has 1 N–H and O–H groups in total. The molecule has 1 aromatic carbocycles. The number of amides is 1. The fraction of sp³-hybridized carbons (Fsp3) is 0.250. The molecule has 1 aromatic rings. The second kappa shape index (κ2) is 5.86. The molecule has 0 aliphatic heterocycles. The maximum Gasteiger partial charge on any atom is 0.407 e. The number of hydrogen-bond donors (Lipinski definition) is 1. The predicted molar refractivity (Wildman–Crippen MR) is 59.6 cm³/mol. The first-order chi connectivity index (χ1) is 7.22. The Kier molecular flexibility index (Phi) is 4.41. The Labute approximate surface area is 89.8 Å².